The van der Waals surface area contributed by atoms with Gasteiger partial charge in [-0.05, 0) is 62.6 Å². The summed E-state index contributed by atoms with van der Waals surface area (Å²) in [6.07, 6.45) is 7.27. The molecule has 0 radical (unpaired) electrons. The van der Waals surface area contributed by atoms with Crippen LogP contribution in [0.1, 0.15) is 36.8 Å². The quantitative estimate of drug-likeness (QED) is 0.761. The molecular formula is C16H21NO2. The third kappa shape index (κ3) is 1.83. The van der Waals surface area contributed by atoms with Gasteiger partial charge in [-0.1, -0.05) is 6.07 Å². The van der Waals surface area contributed by atoms with E-state index in [-0.39, 0.29) is 11.5 Å². The van der Waals surface area contributed by atoms with Crippen molar-refractivity contribution in [1.82, 2.24) is 4.90 Å². The smallest absolute Gasteiger partial charge is 0.160 e. The molecule has 1 saturated carbocycles. The summed E-state index contributed by atoms with van der Waals surface area (Å²) in [6, 6.07) is 5.14. The van der Waals surface area contributed by atoms with Crippen molar-refractivity contribution >= 4 is 0 Å². The number of phenolic OH excluding ortho intramolecular Hbond substituents is 2. The predicted octanol–water partition coefficient (Wildman–Crippen LogP) is 2.44. The van der Waals surface area contributed by atoms with Gasteiger partial charge in [0.1, 0.15) is 0 Å². The minimum atomic E-state index is 0.0343. The molecule has 19 heavy (non-hydrogen) atoms. The van der Waals surface area contributed by atoms with Crippen LogP contribution in [0.25, 0.3) is 0 Å². The maximum absolute atomic E-state index is 10.1. The molecule has 2 fully saturated rings. The van der Waals surface area contributed by atoms with Crippen LogP contribution in [0.4, 0.5) is 0 Å². The number of benzene rings is 1. The summed E-state index contributed by atoms with van der Waals surface area (Å²) in [4.78, 5) is 2.72. The Labute approximate surface area is 113 Å². The van der Waals surface area contributed by atoms with E-state index in [1.54, 1.807) is 6.07 Å². The Morgan fingerprint density at radius 3 is 2.68 bits per heavy atom. The molecular weight excluding hydrogens is 238 g/mol. The number of aromatic hydroxyl groups is 2. The second-order valence-electron chi connectivity index (χ2n) is 6.42. The minimum absolute atomic E-state index is 0.0343. The number of fused-ring (bicyclic) bond motifs is 2. The molecule has 1 heterocycles. The summed E-state index contributed by atoms with van der Waals surface area (Å²) in [5.41, 5.74) is 2.24. The van der Waals surface area contributed by atoms with Gasteiger partial charge >= 0.3 is 0 Å². The standard InChI is InChI=1S/C16H21NO2/c18-15-6-3-10-9-14-11(8-13(10)16(15)19)2-1-7-17(14)12-4-5-12/h3,6,11-12,14,18-19H,1-2,4-5,7-9H2/t11-,14-/m1/s1. The predicted molar refractivity (Wildman–Crippen MR) is 73.4 cm³/mol. The van der Waals surface area contributed by atoms with Gasteiger partial charge in [0, 0.05) is 17.6 Å². The summed E-state index contributed by atoms with van der Waals surface area (Å²) in [5, 5.41) is 19.7. The largest absolute Gasteiger partial charge is 0.504 e. The van der Waals surface area contributed by atoms with Crippen molar-refractivity contribution in [3.05, 3.63) is 23.3 Å². The van der Waals surface area contributed by atoms with Crippen molar-refractivity contribution in [2.45, 2.75) is 50.6 Å². The summed E-state index contributed by atoms with van der Waals surface area (Å²) in [5.74, 6) is 0.820. The molecule has 3 heteroatoms. The monoisotopic (exact) mass is 259 g/mol. The van der Waals surface area contributed by atoms with Crippen LogP contribution >= 0.6 is 0 Å². The van der Waals surface area contributed by atoms with Crippen molar-refractivity contribution < 1.29 is 10.2 Å². The summed E-state index contributed by atoms with van der Waals surface area (Å²) >= 11 is 0. The first kappa shape index (κ1) is 11.6. The van der Waals surface area contributed by atoms with Gasteiger partial charge in [-0.2, -0.15) is 0 Å². The van der Waals surface area contributed by atoms with Crippen LogP contribution in [0.15, 0.2) is 12.1 Å². The fraction of sp³-hybridized carbons (Fsp3) is 0.625. The molecule has 2 atom stereocenters. The van der Waals surface area contributed by atoms with Crippen molar-refractivity contribution in [3.63, 3.8) is 0 Å². The Kier molecular flexibility index (Phi) is 2.52. The highest BCUT2D eigenvalue weighted by Gasteiger charge is 2.42. The third-order valence-electron chi connectivity index (χ3n) is 5.23. The average molecular weight is 259 g/mol. The zero-order valence-electron chi connectivity index (χ0n) is 11.2. The molecule has 3 nitrogen and oxygen atoms in total. The zero-order valence-corrected chi connectivity index (χ0v) is 11.2. The molecule has 0 amide bonds. The third-order valence-corrected chi connectivity index (χ3v) is 5.23. The first-order valence-electron chi connectivity index (χ1n) is 7.52. The lowest BCUT2D eigenvalue weighted by atomic mass is 9.75. The van der Waals surface area contributed by atoms with E-state index in [0.717, 1.165) is 24.4 Å². The Balaban J connectivity index is 1.69. The highest BCUT2D eigenvalue weighted by atomic mass is 16.3. The first-order chi connectivity index (χ1) is 9.24. The number of nitrogens with zero attached hydrogens (tertiary/aromatic N) is 1. The van der Waals surface area contributed by atoms with E-state index in [0.29, 0.717) is 12.0 Å². The van der Waals surface area contributed by atoms with Gasteiger partial charge in [0.25, 0.3) is 0 Å². The van der Waals surface area contributed by atoms with Gasteiger partial charge < -0.3 is 10.2 Å². The molecule has 0 unspecified atom stereocenters. The fourth-order valence-electron chi connectivity index (χ4n) is 4.12. The van der Waals surface area contributed by atoms with E-state index in [9.17, 15) is 10.2 Å². The van der Waals surface area contributed by atoms with E-state index < -0.39 is 0 Å². The molecule has 0 bridgehead atoms. The maximum Gasteiger partial charge on any atom is 0.160 e. The molecule has 1 aliphatic heterocycles. The Bertz CT molecular complexity index is 510. The number of hydrogen-bond donors (Lipinski definition) is 2. The maximum atomic E-state index is 10.1. The molecule has 102 valence electrons. The van der Waals surface area contributed by atoms with Gasteiger partial charge in [0.05, 0.1) is 0 Å². The van der Waals surface area contributed by atoms with Gasteiger partial charge in [-0.3, -0.25) is 4.90 Å². The van der Waals surface area contributed by atoms with Crippen LogP contribution in [0.3, 0.4) is 0 Å². The van der Waals surface area contributed by atoms with Crippen molar-refractivity contribution in [2.24, 2.45) is 5.92 Å². The molecule has 3 aliphatic rings. The Hall–Kier alpha value is -1.22. The lowest BCUT2D eigenvalue weighted by molar-refractivity contribution is 0.0773. The molecule has 2 N–H and O–H groups in total. The first-order valence-corrected chi connectivity index (χ1v) is 7.52. The number of phenols is 2. The summed E-state index contributed by atoms with van der Waals surface area (Å²) in [6.45, 7) is 1.26. The topological polar surface area (TPSA) is 43.7 Å². The van der Waals surface area contributed by atoms with Crippen LogP contribution in [-0.4, -0.2) is 33.7 Å². The van der Waals surface area contributed by atoms with E-state index in [2.05, 4.69) is 4.90 Å². The second-order valence-corrected chi connectivity index (χ2v) is 6.42. The molecule has 1 aromatic carbocycles. The summed E-state index contributed by atoms with van der Waals surface area (Å²) in [7, 11) is 0. The van der Waals surface area contributed by atoms with E-state index in [1.807, 2.05) is 6.07 Å². The lowest BCUT2D eigenvalue weighted by Crippen LogP contribution is -2.50. The SMILES string of the molecule is Oc1ccc2c(c1O)C[C@H]1CCCN(C3CC3)[C@@H]1C2. The molecule has 2 aliphatic carbocycles. The van der Waals surface area contributed by atoms with Crippen LogP contribution in [0.5, 0.6) is 11.5 Å². The Morgan fingerprint density at radius 2 is 1.89 bits per heavy atom. The molecule has 1 aromatic rings. The van der Waals surface area contributed by atoms with Crippen molar-refractivity contribution in [1.29, 1.82) is 0 Å². The van der Waals surface area contributed by atoms with Gasteiger partial charge in [-0.15, -0.1) is 0 Å². The van der Waals surface area contributed by atoms with E-state index in [1.165, 1.54) is 37.8 Å². The van der Waals surface area contributed by atoms with Crippen LogP contribution in [0.2, 0.25) is 0 Å². The van der Waals surface area contributed by atoms with E-state index in [4.69, 9.17) is 0 Å². The minimum Gasteiger partial charge on any atom is -0.504 e. The van der Waals surface area contributed by atoms with Crippen LogP contribution in [-0.2, 0) is 12.8 Å². The second kappa shape index (κ2) is 4.14. The van der Waals surface area contributed by atoms with Crippen molar-refractivity contribution in [2.75, 3.05) is 6.54 Å². The average Bonchev–Trinajstić information content (AvgIpc) is 3.25. The van der Waals surface area contributed by atoms with Crippen LogP contribution in [0, 0.1) is 5.92 Å². The van der Waals surface area contributed by atoms with Gasteiger partial charge in [-0.25, -0.2) is 0 Å². The highest BCUT2D eigenvalue weighted by Crippen LogP contribution is 2.44. The fourth-order valence-corrected chi connectivity index (χ4v) is 4.12. The number of rotatable bonds is 1. The number of hydrogen-bond acceptors (Lipinski definition) is 3. The molecule has 0 spiro atoms. The Morgan fingerprint density at radius 1 is 1.05 bits per heavy atom. The lowest BCUT2D eigenvalue weighted by Gasteiger charge is -2.45. The molecule has 1 saturated heterocycles. The van der Waals surface area contributed by atoms with Gasteiger partial charge in [0.2, 0.25) is 0 Å². The highest BCUT2D eigenvalue weighted by molar-refractivity contribution is 5.50. The zero-order chi connectivity index (χ0) is 13.0. The number of likely N-dealkylation sites (tertiary alicyclic amines) is 1. The van der Waals surface area contributed by atoms with Gasteiger partial charge in [0.15, 0.2) is 11.5 Å². The molecule has 4 rings (SSSR count). The van der Waals surface area contributed by atoms with E-state index >= 15 is 0 Å². The normalized spacial score (nSPS) is 30.7. The number of piperidine rings is 1. The molecule has 0 aromatic heterocycles. The summed E-state index contributed by atoms with van der Waals surface area (Å²) < 4.78 is 0. The van der Waals surface area contributed by atoms with Crippen molar-refractivity contribution in [3.8, 4) is 11.5 Å². The van der Waals surface area contributed by atoms with Crippen LogP contribution < -0.4 is 0 Å².